The van der Waals surface area contributed by atoms with Gasteiger partial charge in [-0.2, -0.15) is 0 Å². The zero-order valence-corrected chi connectivity index (χ0v) is 13.0. The van der Waals surface area contributed by atoms with Crippen LogP contribution < -0.4 is 10.5 Å². The molecule has 4 heteroatoms. The lowest BCUT2D eigenvalue weighted by molar-refractivity contribution is 0.0463. The van der Waals surface area contributed by atoms with Crippen molar-refractivity contribution in [2.45, 2.75) is 51.2 Å². The summed E-state index contributed by atoms with van der Waals surface area (Å²) >= 11 is 0. The molecule has 21 heavy (non-hydrogen) atoms. The zero-order valence-electron chi connectivity index (χ0n) is 13.0. The van der Waals surface area contributed by atoms with Crippen LogP contribution in [-0.4, -0.2) is 41.8 Å². The van der Waals surface area contributed by atoms with Crippen molar-refractivity contribution < 1.29 is 9.84 Å². The van der Waals surface area contributed by atoms with Crippen LogP contribution in [0.5, 0.6) is 5.75 Å². The zero-order chi connectivity index (χ0) is 15.1. The molecule has 0 amide bonds. The topological polar surface area (TPSA) is 58.7 Å². The minimum Gasteiger partial charge on any atom is -0.491 e. The van der Waals surface area contributed by atoms with E-state index in [0.717, 1.165) is 18.0 Å². The summed E-state index contributed by atoms with van der Waals surface area (Å²) in [6.07, 6.45) is 6.07. The van der Waals surface area contributed by atoms with Gasteiger partial charge in [-0.15, -0.1) is 0 Å². The van der Waals surface area contributed by atoms with Gasteiger partial charge in [-0.25, -0.2) is 0 Å². The molecular formula is C17H28N2O2. The van der Waals surface area contributed by atoms with E-state index in [2.05, 4.69) is 11.8 Å². The Morgan fingerprint density at radius 3 is 2.52 bits per heavy atom. The number of nitrogens with two attached hydrogens (primary N) is 1. The van der Waals surface area contributed by atoms with E-state index in [1.54, 1.807) is 0 Å². The number of aliphatic hydroxyl groups excluding tert-OH is 1. The van der Waals surface area contributed by atoms with Crippen LogP contribution in [-0.2, 0) is 0 Å². The van der Waals surface area contributed by atoms with Gasteiger partial charge in [0.15, 0.2) is 0 Å². The number of likely N-dealkylation sites (N-methyl/N-ethyl adjacent to an activating group) is 1. The van der Waals surface area contributed by atoms with Crippen LogP contribution in [0.1, 0.15) is 39.0 Å². The van der Waals surface area contributed by atoms with Crippen molar-refractivity contribution in [3.05, 3.63) is 24.3 Å². The molecule has 1 fully saturated rings. The van der Waals surface area contributed by atoms with Crippen LogP contribution >= 0.6 is 0 Å². The third-order valence-electron chi connectivity index (χ3n) is 4.27. The highest BCUT2D eigenvalue weighted by molar-refractivity contribution is 5.41. The molecule has 1 aromatic rings. The van der Waals surface area contributed by atoms with E-state index in [4.69, 9.17) is 10.5 Å². The number of aliphatic hydroxyl groups is 1. The number of ether oxygens (including phenoxy) is 1. The maximum Gasteiger partial charge on any atom is 0.119 e. The second-order valence-corrected chi connectivity index (χ2v) is 5.91. The number of hydrogen-bond acceptors (Lipinski definition) is 4. The van der Waals surface area contributed by atoms with Crippen molar-refractivity contribution in [3.8, 4) is 5.75 Å². The molecule has 1 aliphatic carbocycles. The van der Waals surface area contributed by atoms with Crippen molar-refractivity contribution in [1.82, 2.24) is 4.90 Å². The number of hydrogen-bond donors (Lipinski definition) is 2. The molecule has 118 valence electrons. The lowest BCUT2D eigenvalue weighted by Crippen LogP contribution is -2.43. The summed E-state index contributed by atoms with van der Waals surface area (Å²) in [5, 5.41) is 10.2. The molecule has 0 bridgehead atoms. The quantitative estimate of drug-likeness (QED) is 0.759. The average Bonchev–Trinajstić information content (AvgIpc) is 2.53. The van der Waals surface area contributed by atoms with Gasteiger partial charge in [0.05, 0.1) is 0 Å². The van der Waals surface area contributed by atoms with Crippen LogP contribution in [0.15, 0.2) is 24.3 Å². The third kappa shape index (κ3) is 5.21. The fourth-order valence-electron chi connectivity index (χ4n) is 3.06. The first-order valence-electron chi connectivity index (χ1n) is 8.09. The molecular weight excluding hydrogens is 264 g/mol. The number of benzene rings is 1. The van der Waals surface area contributed by atoms with Crippen molar-refractivity contribution in [3.63, 3.8) is 0 Å². The highest BCUT2D eigenvalue weighted by Gasteiger charge is 2.22. The van der Waals surface area contributed by atoms with E-state index in [1.807, 2.05) is 24.3 Å². The highest BCUT2D eigenvalue weighted by Crippen LogP contribution is 2.22. The molecule has 2 rings (SSSR count). The molecule has 4 nitrogen and oxygen atoms in total. The molecule has 0 aromatic heterocycles. The molecule has 1 aliphatic rings. The predicted octanol–water partition coefficient (Wildman–Crippen LogP) is 2.66. The number of anilines is 1. The molecule has 0 saturated heterocycles. The Morgan fingerprint density at radius 1 is 1.24 bits per heavy atom. The van der Waals surface area contributed by atoms with E-state index in [1.165, 1.54) is 32.1 Å². The average molecular weight is 292 g/mol. The minimum absolute atomic E-state index is 0.327. The summed E-state index contributed by atoms with van der Waals surface area (Å²) < 4.78 is 5.62. The Balaban J connectivity index is 1.76. The van der Waals surface area contributed by atoms with Gasteiger partial charge in [-0.05, 0) is 43.7 Å². The second kappa shape index (κ2) is 8.25. The summed E-state index contributed by atoms with van der Waals surface area (Å²) in [5.74, 6) is 0.754. The monoisotopic (exact) mass is 292 g/mol. The Hall–Kier alpha value is -1.26. The van der Waals surface area contributed by atoms with E-state index in [9.17, 15) is 5.11 Å². The smallest absolute Gasteiger partial charge is 0.119 e. The molecule has 0 aliphatic heterocycles. The van der Waals surface area contributed by atoms with Gasteiger partial charge in [-0.3, -0.25) is 4.90 Å². The van der Waals surface area contributed by atoms with Gasteiger partial charge < -0.3 is 15.6 Å². The fourth-order valence-corrected chi connectivity index (χ4v) is 3.06. The first-order chi connectivity index (χ1) is 10.2. The normalized spacial score (nSPS) is 17.9. The number of nitrogens with zero attached hydrogens (tertiary/aromatic N) is 1. The fraction of sp³-hybridized carbons (Fsp3) is 0.647. The molecule has 0 heterocycles. The lowest BCUT2D eigenvalue weighted by Gasteiger charge is -2.34. The van der Waals surface area contributed by atoms with Gasteiger partial charge >= 0.3 is 0 Å². The second-order valence-electron chi connectivity index (χ2n) is 5.91. The molecule has 1 aromatic carbocycles. The summed E-state index contributed by atoms with van der Waals surface area (Å²) in [6, 6.07) is 7.92. The minimum atomic E-state index is -0.454. The number of rotatable bonds is 7. The highest BCUT2D eigenvalue weighted by atomic mass is 16.5. The first kappa shape index (κ1) is 16.1. The molecule has 1 saturated carbocycles. The summed E-state index contributed by atoms with van der Waals surface area (Å²) in [7, 11) is 0. The summed E-state index contributed by atoms with van der Waals surface area (Å²) in [4.78, 5) is 2.40. The van der Waals surface area contributed by atoms with E-state index < -0.39 is 6.10 Å². The van der Waals surface area contributed by atoms with Gasteiger partial charge in [0.2, 0.25) is 0 Å². The molecule has 3 N–H and O–H groups in total. The molecule has 1 atom stereocenters. The van der Waals surface area contributed by atoms with Crippen molar-refractivity contribution in [2.75, 3.05) is 25.4 Å². The Morgan fingerprint density at radius 2 is 1.90 bits per heavy atom. The largest absolute Gasteiger partial charge is 0.491 e. The maximum absolute atomic E-state index is 10.2. The van der Waals surface area contributed by atoms with Crippen LogP contribution in [0.3, 0.4) is 0 Å². The van der Waals surface area contributed by atoms with Crippen LogP contribution in [0.2, 0.25) is 0 Å². The van der Waals surface area contributed by atoms with Crippen LogP contribution in [0.25, 0.3) is 0 Å². The molecule has 1 unspecified atom stereocenters. The number of nitrogen functional groups attached to an aromatic ring is 1. The van der Waals surface area contributed by atoms with E-state index >= 15 is 0 Å². The Labute approximate surface area is 127 Å². The van der Waals surface area contributed by atoms with Gasteiger partial charge in [0.1, 0.15) is 18.5 Å². The lowest BCUT2D eigenvalue weighted by atomic mass is 9.94. The Bertz CT molecular complexity index is 402. The van der Waals surface area contributed by atoms with E-state index in [0.29, 0.717) is 19.2 Å². The standard InChI is InChI=1S/C17H28N2O2/c1-2-19(15-6-4-3-5-7-15)12-16(20)13-21-17-10-8-14(18)9-11-17/h8-11,15-16,20H,2-7,12-13,18H2,1H3. The first-order valence-corrected chi connectivity index (χ1v) is 8.09. The SMILES string of the molecule is CCN(CC(O)COc1ccc(N)cc1)C1CCCCC1. The van der Waals surface area contributed by atoms with Crippen molar-refractivity contribution in [1.29, 1.82) is 0 Å². The van der Waals surface area contributed by atoms with Gasteiger partial charge in [0.25, 0.3) is 0 Å². The van der Waals surface area contributed by atoms with Crippen molar-refractivity contribution in [2.24, 2.45) is 0 Å². The summed E-state index contributed by atoms with van der Waals surface area (Å²) in [5.41, 5.74) is 6.36. The van der Waals surface area contributed by atoms with Gasteiger partial charge in [0, 0.05) is 18.3 Å². The van der Waals surface area contributed by atoms with Crippen LogP contribution in [0.4, 0.5) is 5.69 Å². The van der Waals surface area contributed by atoms with Crippen LogP contribution in [0, 0.1) is 0 Å². The third-order valence-corrected chi connectivity index (χ3v) is 4.27. The van der Waals surface area contributed by atoms with Gasteiger partial charge in [-0.1, -0.05) is 26.2 Å². The summed E-state index contributed by atoms with van der Waals surface area (Å²) in [6.45, 7) is 4.18. The Kier molecular flexibility index (Phi) is 6.33. The van der Waals surface area contributed by atoms with Crippen molar-refractivity contribution >= 4 is 5.69 Å². The molecule has 0 spiro atoms. The van der Waals surface area contributed by atoms with E-state index in [-0.39, 0.29) is 0 Å². The predicted molar refractivity (Wildman–Crippen MR) is 86.5 cm³/mol. The maximum atomic E-state index is 10.2. The molecule has 0 radical (unpaired) electrons.